The standard InChI is InChI=1S/C14H19ClN2/c15-12-4-6-13(7-5-12)17-10-9-16-8-2-1-3-14(16)11-17/h4-7,14H,1-3,8-11H2. The molecule has 0 spiro atoms. The number of benzene rings is 1. The molecule has 0 saturated carbocycles. The zero-order valence-corrected chi connectivity index (χ0v) is 10.9. The van der Waals surface area contributed by atoms with Gasteiger partial charge in [-0.1, -0.05) is 18.0 Å². The minimum absolute atomic E-state index is 0.771. The number of hydrogen-bond acceptors (Lipinski definition) is 2. The van der Waals surface area contributed by atoms with Gasteiger partial charge in [-0.15, -0.1) is 0 Å². The Morgan fingerprint density at radius 2 is 1.82 bits per heavy atom. The van der Waals surface area contributed by atoms with Crippen molar-refractivity contribution >= 4 is 17.3 Å². The van der Waals surface area contributed by atoms with Crippen molar-refractivity contribution in [1.29, 1.82) is 0 Å². The van der Waals surface area contributed by atoms with Gasteiger partial charge in [0.1, 0.15) is 0 Å². The first-order valence-electron chi connectivity index (χ1n) is 6.57. The van der Waals surface area contributed by atoms with Crippen molar-refractivity contribution in [2.75, 3.05) is 31.1 Å². The van der Waals surface area contributed by atoms with Crippen LogP contribution in [-0.4, -0.2) is 37.1 Å². The molecule has 2 aliphatic heterocycles. The van der Waals surface area contributed by atoms with Crippen LogP contribution in [0.15, 0.2) is 24.3 Å². The first-order chi connectivity index (χ1) is 8.33. The lowest BCUT2D eigenvalue weighted by molar-refractivity contribution is 0.133. The highest BCUT2D eigenvalue weighted by atomic mass is 35.5. The number of fused-ring (bicyclic) bond motifs is 1. The number of piperidine rings is 1. The molecule has 0 amide bonds. The monoisotopic (exact) mass is 250 g/mol. The third-order valence-corrected chi connectivity index (χ3v) is 4.28. The number of nitrogens with zero attached hydrogens (tertiary/aromatic N) is 2. The molecule has 0 aliphatic carbocycles. The molecule has 0 radical (unpaired) electrons. The van der Waals surface area contributed by atoms with Gasteiger partial charge in [0.25, 0.3) is 0 Å². The Morgan fingerprint density at radius 3 is 2.65 bits per heavy atom. The Bertz CT molecular complexity index is 376. The molecular weight excluding hydrogens is 232 g/mol. The fourth-order valence-corrected chi connectivity index (χ4v) is 3.17. The number of anilines is 1. The van der Waals surface area contributed by atoms with E-state index < -0.39 is 0 Å². The van der Waals surface area contributed by atoms with Crippen molar-refractivity contribution in [1.82, 2.24) is 4.90 Å². The summed E-state index contributed by atoms with van der Waals surface area (Å²) < 4.78 is 0. The number of halogens is 1. The SMILES string of the molecule is Clc1ccc(N2CCN3CCCCC3C2)cc1. The second-order valence-corrected chi connectivity index (χ2v) is 5.54. The normalized spacial score (nSPS) is 25.7. The predicted molar refractivity (Wildman–Crippen MR) is 72.9 cm³/mol. The number of hydrogen-bond donors (Lipinski definition) is 0. The van der Waals surface area contributed by atoms with Crippen molar-refractivity contribution in [3.8, 4) is 0 Å². The topological polar surface area (TPSA) is 6.48 Å². The molecule has 0 aromatic heterocycles. The maximum absolute atomic E-state index is 5.93. The van der Waals surface area contributed by atoms with E-state index in [9.17, 15) is 0 Å². The summed E-state index contributed by atoms with van der Waals surface area (Å²) in [6, 6.07) is 9.03. The molecule has 3 heteroatoms. The Morgan fingerprint density at radius 1 is 1.00 bits per heavy atom. The summed E-state index contributed by atoms with van der Waals surface area (Å²) in [6.07, 6.45) is 4.15. The van der Waals surface area contributed by atoms with Gasteiger partial charge in [0.2, 0.25) is 0 Å². The molecule has 1 unspecified atom stereocenters. The Balaban J connectivity index is 1.71. The largest absolute Gasteiger partial charge is 0.369 e. The molecule has 17 heavy (non-hydrogen) atoms. The highest BCUT2D eigenvalue weighted by Crippen LogP contribution is 2.25. The zero-order chi connectivity index (χ0) is 11.7. The van der Waals surface area contributed by atoms with Crippen LogP contribution in [0.1, 0.15) is 19.3 Å². The first kappa shape index (κ1) is 11.4. The lowest BCUT2D eigenvalue weighted by atomic mass is 9.99. The van der Waals surface area contributed by atoms with Crippen LogP contribution in [0.2, 0.25) is 5.02 Å². The molecule has 1 aromatic rings. The molecule has 2 saturated heterocycles. The van der Waals surface area contributed by atoms with Crippen LogP contribution in [0, 0.1) is 0 Å². The molecular formula is C14H19ClN2. The minimum Gasteiger partial charge on any atom is -0.369 e. The van der Waals surface area contributed by atoms with Crippen LogP contribution in [0.4, 0.5) is 5.69 Å². The van der Waals surface area contributed by atoms with Crippen LogP contribution >= 0.6 is 11.6 Å². The van der Waals surface area contributed by atoms with E-state index in [4.69, 9.17) is 11.6 Å². The average Bonchev–Trinajstić information content (AvgIpc) is 2.39. The average molecular weight is 251 g/mol. The second kappa shape index (κ2) is 4.87. The summed E-state index contributed by atoms with van der Waals surface area (Å²) in [7, 11) is 0. The van der Waals surface area contributed by atoms with Gasteiger partial charge in [-0.2, -0.15) is 0 Å². The summed E-state index contributed by atoms with van der Waals surface area (Å²) in [4.78, 5) is 5.17. The van der Waals surface area contributed by atoms with E-state index in [1.165, 1.54) is 44.6 Å². The summed E-state index contributed by atoms with van der Waals surface area (Å²) in [5, 5.41) is 0.824. The van der Waals surface area contributed by atoms with Gasteiger partial charge in [0.05, 0.1) is 0 Å². The highest BCUT2D eigenvalue weighted by Gasteiger charge is 2.28. The van der Waals surface area contributed by atoms with Crippen LogP contribution in [0.25, 0.3) is 0 Å². The lowest BCUT2D eigenvalue weighted by Crippen LogP contribution is -2.54. The molecule has 2 aliphatic rings. The van der Waals surface area contributed by atoms with E-state index in [1.54, 1.807) is 0 Å². The van der Waals surface area contributed by atoms with Gasteiger partial charge in [-0.3, -0.25) is 4.90 Å². The summed E-state index contributed by atoms with van der Waals surface area (Å²) in [5.41, 5.74) is 1.32. The van der Waals surface area contributed by atoms with Gasteiger partial charge in [-0.25, -0.2) is 0 Å². The smallest absolute Gasteiger partial charge is 0.0407 e. The van der Waals surface area contributed by atoms with E-state index >= 15 is 0 Å². The lowest BCUT2D eigenvalue weighted by Gasteiger charge is -2.44. The van der Waals surface area contributed by atoms with E-state index in [2.05, 4.69) is 21.9 Å². The predicted octanol–water partition coefficient (Wildman–Crippen LogP) is 3.01. The van der Waals surface area contributed by atoms with Crippen LogP contribution < -0.4 is 4.90 Å². The number of piperazine rings is 1. The summed E-state index contributed by atoms with van der Waals surface area (Å²) >= 11 is 5.93. The molecule has 2 nitrogen and oxygen atoms in total. The summed E-state index contributed by atoms with van der Waals surface area (Å²) in [5.74, 6) is 0. The van der Waals surface area contributed by atoms with Crippen molar-refractivity contribution in [3.05, 3.63) is 29.3 Å². The molecule has 1 aromatic carbocycles. The van der Waals surface area contributed by atoms with E-state index in [1.807, 2.05) is 12.1 Å². The van der Waals surface area contributed by atoms with Crippen LogP contribution in [0.5, 0.6) is 0 Å². The van der Waals surface area contributed by atoms with Crippen molar-refractivity contribution in [2.45, 2.75) is 25.3 Å². The Kier molecular flexibility index (Phi) is 3.26. The fourth-order valence-electron chi connectivity index (χ4n) is 3.04. The molecule has 0 N–H and O–H groups in total. The van der Waals surface area contributed by atoms with E-state index in [0.717, 1.165) is 17.6 Å². The van der Waals surface area contributed by atoms with Crippen LogP contribution in [0.3, 0.4) is 0 Å². The van der Waals surface area contributed by atoms with E-state index in [-0.39, 0.29) is 0 Å². The van der Waals surface area contributed by atoms with Crippen molar-refractivity contribution < 1.29 is 0 Å². The second-order valence-electron chi connectivity index (χ2n) is 5.11. The van der Waals surface area contributed by atoms with Gasteiger partial charge in [0, 0.05) is 36.4 Å². The van der Waals surface area contributed by atoms with Crippen molar-refractivity contribution in [3.63, 3.8) is 0 Å². The van der Waals surface area contributed by atoms with Gasteiger partial charge >= 0.3 is 0 Å². The zero-order valence-electron chi connectivity index (χ0n) is 10.1. The molecule has 2 heterocycles. The van der Waals surface area contributed by atoms with E-state index in [0.29, 0.717) is 0 Å². The number of rotatable bonds is 1. The van der Waals surface area contributed by atoms with Crippen LogP contribution in [-0.2, 0) is 0 Å². The Hall–Kier alpha value is -0.730. The highest BCUT2D eigenvalue weighted by molar-refractivity contribution is 6.30. The minimum atomic E-state index is 0.771. The Labute approximate surface area is 108 Å². The molecule has 1 atom stereocenters. The fraction of sp³-hybridized carbons (Fsp3) is 0.571. The molecule has 0 bridgehead atoms. The maximum Gasteiger partial charge on any atom is 0.0407 e. The maximum atomic E-state index is 5.93. The van der Waals surface area contributed by atoms with Gasteiger partial charge in [0.15, 0.2) is 0 Å². The third kappa shape index (κ3) is 2.43. The first-order valence-corrected chi connectivity index (χ1v) is 6.95. The van der Waals surface area contributed by atoms with Gasteiger partial charge in [-0.05, 0) is 43.7 Å². The quantitative estimate of drug-likeness (QED) is 0.756. The molecule has 92 valence electrons. The van der Waals surface area contributed by atoms with Crippen molar-refractivity contribution in [2.24, 2.45) is 0 Å². The van der Waals surface area contributed by atoms with Gasteiger partial charge < -0.3 is 4.90 Å². The summed E-state index contributed by atoms with van der Waals surface area (Å²) in [6.45, 7) is 4.85. The molecule has 2 fully saturated rings. The molecule has 3 rings (SSSR count). The third-order valence-electron chi connectivity index (χ3n) is 4.03.